The summed E-state index contributed by atoms with van der Waals surface area (Å²) in [5.41, 5.74) is 1.14. The van der Waals surface area contributed by atoms with Crippen molar-refractivity contribution in [2.24, 2.45) is 0 Å². The number of aromatic hydroxyl groups is 1. The minimum absolute atomic E-state index is 0.299. The fraction of sp³-hybridized carbons (Fsp3) is 0.333. The number of ether oxygens (including phenoxy) is 1. The van der Waals surface area contributed by atoms with E-state index in [0.29, 0.717) is 28.2 Å². The third kappa shape index (κ3) is 4.26. The normalized spacial score (nSPS) is 15.5. The molecule has 4 nitrogen and oxygen atoms in total. The standard InChI is InChI=1S/C18H20Cl2N2O2/c19-16-2-1-3-17(20)18(16)24-13-12-21-8-10-22(11-9-21)14-4-6-15(23)7-5-14/h1-7,23H,8-13H2. The van der Waals surface area contributed by atoms with Crippen LogP contribution in [0.2, 0.25) is 10.0 Å². The predicted molar refractivity (Wildman–Crippen MR) is 98.7 cm³/mol. The topological polar surface area (TPSA) is 35.9 Å². The maximum atomic E-state index is 9.37. The van der Waals surface area contributed by atoms with Crippen molar-refractivity contribution >= 4 is 28.9 Å². The summed E-state index contributed by atoms with van der Waals surface area (Å²) in [4.78, 5) is 4.68. The number of piperazine rings is 1. The second-order valence-electron chi connectivity index (χ2n) is 5.74. The van der Waals surface area contributed by atoms with Crippen LogP contribution in [0.25, 0.3) is 0 Å². The highest BCUT2D eigenvalue weighted by molar-refractivity contribution is 6.37. The zero-order valence-corrected chi connectivity index (χ0v) is 14.8. The molecule has 1 N–H and O–H groups in total. The molecule has 0 aromatic heterocycles. The van der Waals surface area contributed by atoms with Crippen molar-refractivity contribution in [2.75, 3.05) is 44.2 Å². The van der Waals surface area contributed by atoms with Crippen LogP contribution in [0, 0.1) is 0 Å². The van der Waals surface area contributed by atoms with E-state index in [1.165, 1.54) is 0 Å². The second kappa shape index (κ2) is 7.97. The van der Waals surface area contributed by atoms with Crippen LogP contribution in [0.15, 0.2) is 42.5 Å². The largest absolute Gasteiger partial charge is 0.508 e. The number of halogens is 2. The third-order valence-electron chi connectivity index (χ3n) is 4.16. The number of benzene rings is 2. The summed E-state index contributed by atoms with van der Waals surface area (Å²) in [7, 11) is 0. The maximum absolute atomic E-state index is 9.37. The first-order chi connectivity index (χ1) is 11.6. The third-order valence-corrected chi connectivity index (χ3v) is 4.76. The van der Waals surface area contributed by atoms with Gasteiger partial charge in [-0.3, -0.25) is 4.90 Å². The number of phenolic OH excluding ortho intramolecular Hbond substituents is 1. The van der Waals surface area contributed by atoms with Crippen LogP contribution in [0.5, 0.6) is 11.5 Å². The predicted octanol–water partition coefficient (Wildman–Crippen LogP) is 3.90. The van der Waals surface area contributed by atoms with Gasteiger partial charge in [0.15, 0.2) is 5.75 Å². The van der Waals surface area contributed by atoms with Crippen LogP contribution in [-0.4, -0.2) is 49.3 Å². The van der Waals surface area contributed by atoms with Gasteiger partial charge in [-0.15, -0.1) is 0 Å². The van der Waals surface area contributed by atoms with Crippen LogP contribution in [-0.2, 0) is 0 Å². The summed E-state index contributed by atoms with van der Waals surface area (Å²) in [5.74, 6) is 0.858. The van der Waals surface area contributed by atoms with Crippen molar-refractivity contribution in [3.8, 4) is 11.5 Å². The number of hydrogen-bond acceptors (Lipinski definition) is 4. The summed E-state index contributed by atoms with van der Waals surface area (Å²) in [6.45, 7) is 5.25. The van der Waals surface area contributed by atoms with E-state index >= 15 is 0 Å². The molecule has 2 aromatic carbocycles. The van der Waals surface area contributed by atoms with Gasteiger partial charge in [0.25, 0.3) is 0 Å². The summed E-state index contributed by atoms with van der Waals surface area (Å²) in [6, 6.07) is 12.7. The van der Waals surface area contributed by atoms with Gasteiger partial charge in [0.2, 0.25) is 0 Å². The van der Waals surface area contributed by atoms with Gasteiger partial charge in [-0.1, -0.05) is 29.3 Å². The molecule has 0 bridgehead atoms. The molecule has 1 saturated heterocycles. The van der Waals surface area contributed by atoms with Crippen molar-refractivity contribution in [2.45, 2.75) is 0 Å². The SMILES string of the molecule is Oc1ccc(N2CCN(CCOc3c(Cl)cccc3Cl)CC2)cc1. The monoisotopic (exact) mass is 366 g/mol. The molecule has 1 aliphatic rings. The highest BCUT2D eigenvalue weighted by Gasteiger charge is 2.17. The molecule has 24 heavy (non-hydrogen) atoms. The molecule has 0 radical (unpaired) electrons. The van der Waals surface area contributed by atoms with Crippen molar-refractivity contribution in [1.29, 1.82) is 0 Å². The van der Waals surface area contributed by atoms with Crippen LogP contribution < -0.4 is 9.64 Å². The minimum Gasteiger partial charge on any atom is -0.508 e. The first-order valence-corrected chi connectivity index (χ1v) is 8.72. The van der Waals surface area contributed by atoms with Crippen LogP contribution in [0.3, 0.4) is 0 Å². The van der Waals surface area contributed by atoms with E-state index in [1.807, 2.05) is 12.1 Å². The Labute approximate surface area is 152 Å². The number of rotatable bonds is 5. The Bertz CT molecular complexity index is 651. The van der Waals surface area contributed by atoms with E-state index < -0.39 is 0 Å². The first kappa shape index (κ1) is 17.2. The van der Waals surface area contributed by atoms with Crippen molar-refractivity contribution in [3.63, 3.8) is 0 Å². The Kier molecular flexibility index (Phi) is 5.72. The molecule has 0 spiro atoms. The van der Waals surface area contributed by atoms with Gasteiger partial charge in [0.1, 0.15) is 12.4 Å². The molecule has 6 heteroatoms. The van der Waals surface area contributed by atoms with E-state index in [9.17, 15) is 5.11 Å². The van der Waals surface area contributed by atoms with Gasteiger partial charge in [-0.05, 0) is 36.4 Å². The second-order valence-corrected chi connectivity index (χ2v) is 6.56. The maximum Gasteiger partial charge on any atom is 0.156 e. The van der Waals surface area contributed by atoms with Crippen LogP contribution in [0.1, 0.15) is 0 Å². The lowest BCUT2D eigenvalue weighted by Crippen LogP contribution is -2.47. The Morgan fingerprint density at radius 3 is 2.17 bits per heavy atom. The summed E-state index contributed by atoms with van der Waals surface area (Å²) >= 11 is 12.2. The molecule has 1 fully saturated rings. The summed E-state index contributed by atoms with van der Waals surface area (Å²) < 4.78 is 5.75. The number of para-hydroxylation sites is 1. The van der Waals surface area contributed by atoms with Crippen molar-refractivity contribution in [3.05, 3.63) is 52.5 Å². The fourth-order valence-corrected chi connectivity index (χ4v) is 3.30. The lowest BCUT2D eigenvalue weighted by Gasteiger charge is -2.36. The average Bonchev–Trinajstić information content (AvgIpc) is 2.59. The van der Waals surface area contributed by atoms with Gasteiger partial charge in [0, 0.05) is 38.4 Å². The number of nitrogens with zero attached hydrogens (tertiary/aromatic N) is 2. The van der Waals surface area contributed by atoms with E-state index in [2.05, 4.69) is 9.80 Å². The van der Waals surface area contributed by atoms with E-state index in [1.54, 1.807) is 30.3 Å². The lowest BCUT2D eigenvalue weighted by molar-refractivity contribution is 0.200. The highest BCUT2D eigenvalue weighted by atomic mass is 35.5. The fourth-order valence-electron chi connectivity index (χ4n) is 2.79. The Morgan fingerprint density at radius 2 is 1.54 bits per heavy atom. The summed E-state index contributed by atoms with van der Waals surface area (Å²) in [6.07, 6.45) is 0. The molecule has 0 atom stereocenters. The minimum atomic E-state index is 0.299. The molecule has 128 valence electrons. The zero-order valence-electron chi connectivity index (χ0n) is 13.3. The van der Waals surface area contributed by atoms with Crippen molar-refractivity contribution < 1.29 is 9.84 Å². The number of hydrogen-bond donors (Lipinski definition) is 1. The molecule has 0 aliphatic carbocycles. The van der Waals surface area contributed by atoms with E-state index in [0.717, 1.165) is 38.4 Å². The Morgan fingerprint density at radius 1 is 0.917 bits per heavy atom. The molecule has 3 rings (SSSR count). The molecule has 2 aromatic rings. The Hall–Kier alpha value is -1.62. The van der Waals surface area contributed by atoms with Gasteiger partial charge in [-0.25, -0.2) is 0 Å². The van der Waals surface area contributed by atoms with E-state index in [-0.39, 0.29) is 0 Å². The number of anilines is 1. The smallest absolute Gasteiger partial charge is 0.156 e. The molecule has 0 saturated carbocycles. The lowest BCUT2D eigenvalue weighted by atomic mass is 10.2. The average molecular weight is 367 g/mol. The molecule has 0 unspecified atom stereocenters. The highest BCUT2D eigenvalue weighted by Crippen LogP contribution is 2.32. The molecule has 1 aliphatic heterocycles. The quantitative estimate of drug-likeness (QED) is 0.870. The first-order valence-electron chi connectivity index (χ1n) is 7.96. The molecular formula is C18H20Cl2N2O2. The van der Waals surface area contributed by atoms with E-state index in [4.69, 9.17) is 27.9 Å². The van der Waals surface area contributed by atoms with Crippen LogP contribution >= 0.6 is 23.2 Å². The summed E-state index contributed by atoms with van der Waals surface area (Å²) in [5, 5.41) is 10.5. The Balaban J connectivity index is 1.45. The van der Waals surface area contributed by atoms with Crippen LogP contribution in [0.4, 0.5) is 5.69 Å². The van der Waals surface area contributed by atoms with Gasteiger partial charge in [-0.2, -0.15) is 0 Å². The van der Waals surface area contributed by atoms with Gasteiger partial charge < -0.3 is 14.7 Å². The molecule has 1 heterocycles. The van der Waals surface area contributed by atoms with Gasteiger partial charge >= 0.3 is 0 Å². The van der Waals surface area contributed by atoms with Crippen molar-refractivity contribution in [1.82, 2.24) is 4.90 Å². The van der Waals surface area contributed by atoms with Gasteiger partial charge in [0.05, 0.1) is 10.0 Å². The zero-order chi connectivity index (χ0) is 16.9. The number of phenols is 1. The molecular weight excluding hydrogens is 347 g/mol. The molecule has 0 amide bonds.